The van der Waals surface area contributed by atoms with Gasteiger partial charge in [0.2, 0.25) is 11.8 Å². The largest absolute Gasteiger partial charge is 0.476 e. The van der Waals surface area contributed by atoms with Crippen LogP contribution in [0.25, 0.3) is 0 Å². The highest BCUT2D eigenvalue weighted by Gasteiger charge is 1.94. The third-order valence-electron chi connectivity index (χ3n) is 1.84. The van der Waals surface area contributed by atoms with Gasteiger partial charge in [-0.25, -0.2) is 15.0 Å². The molecule has 0 aliphatic heterocycles. The third-order valence-corrected chi connectivity index (χ3v) is 1.84. The van der Waals surface area contributed by atoms with Crippen molar-refractivity contribution in [2.45, 2.75) is 0 Å². The maximum atomic E-state index is 5.40. The SMILES string of the molecule is c1ccc(OCCNc2ncccn2)nc1. The van der Waals surface area contributed by atoms with E-state index in [1.54, 1.807) is 24.7 Å². The summed E-state index contributed by atoms with van der Waals surface area (Å²) in [5, 5.41) is 3.04. The van der Waals surface area contributed by atoms with Crippen LogP contribution in [0.3, 0.4) is 0 Å². The summed E-state index contributed by atoms with van der Waals surface area (Å²) in [4.78, 5) is 12.1. The molecule has 0 bridgehead atoms. The Labute approximate surface area is 93.5 Å². The molecule has 0 spiro atoms. The lowest BCUT2D eigenvalue weighted by atomic mass is 10.5. The minimum Gasteiger partial charge on any atom is -0.476 e. The molecule has 0 aliphatic rings. The molecule has 0 aromatic carbocycles. The summed E-state index contributed by atoms with van der Waals surface area (Å²) >= 11 is 0. The summed E-state index contributed by atoms with van der Waals surface area (Å²) in [6.45, 7) is 1.16. The first-order valence-corrected chi connectivity index (χ1v) is 5.00. The molecule has 0 aliphatic carbocycles. The molecule has 16 heavy (non-hydrogen) atoms. The molecular formula is C11H12N4O. The number of hydrogen-bond donors (Lipinski definition) is 1. The number of nitrogens with one attached hydrogen (secondary N) is 1. The first-order valence-electron chi connectivity index (χ1n) is 5.00. The Morgan fingerprint density at radius 3 is 2.56 bits per heavy atom. The Balaban J connectivity index is 1.70. The van der Waals surface area contributed by atoms with E-state index in [2.05, 4.69) is 20.3 Å². The standard InChI is InChI=1S/C11H12N4O/c1-2-5-12-10(4-1)16-9-8-15-11-13-6-3-7-14-11/h1-7H,8-9H2,(H,13,14,15). The van der Waals surface area contributed by atoms with Crippen LogP contribution in [-0.4, -0.2) is 28.1 Å². The molecule has 2 rings (SSSR count). The highest BCUT2D eigenvalue weighted by molar-refractivity contribution is 5.21. The van der Waals surface area contributed by atoms with E-state index in [0.717, 1.165) is 0 Å². The summed E-state index contributed by atoms with van der Waals surface area (Å²) in [6, 6.07) is 7.33. The van der Waals surface area contributed by atoms with Gasteiger partial charge in [0.05, 0.1) is 6.54 Å². The molecule has 0 atom stereocenters. The van der Waals surface area contributed by atoms with Gasteiger partial charge in [0.25, 0.3) is 0 Å². The van der Waals surface area contributed by atoms with Crippen molar-refractivity contribution in [1.82, 2.24) is 15.0 Å². The van der Waals surface area contributed by atoms with Gasteiger partial charge in [0.1, 0.15) is 6.61 Å². The summed E-state index contributed by atoms with van der Waals surface area (Å²) < 4.78 is 5.40. The molecule has 1 N–H and O–H groups in total. The van der Waals surface area contributed by atoms with Crippen molar-refractivity contribution in [3.63, 3.8) is 0 Å². The number of hydrogen-bond acceptors (Lipinski definition) is 5. The molecule has 82 valence electrons. The van der Waals surface area contributed by atoms with Gasteiger partial charge in [-0.2, -0.15) is 0 Å². The molecular weight excluding hydrogens is 204 g/mol. The first kappa shape index (κ1) is 10.4. The first-order chi connectivity index (χ1) is 7.95. The highest BCUT2D eigenvalue weighted by atomic mass is 16.5. The summed E-state index contributed by atoms with van der Waals surface area (Å²) in [6.07, 6.45) is 5.08. The molecule has 0 saturated heterocycles. The lowest BCUT2D eigenvalue weighted by molar-refractivity contribution is 0.319. The summed E-state index contributed by atoms with van der Waals surface area (Å²) in [5.41, 5.74) is 0. The minimum absolute atomic E-state index is 0.523. The molecule has 0 saturated carbocycles. The second-order valence-electron chi connectivity index (χ2n) is 3.02. The summed E-state index contributed by atoms with van der Waals surface area (Å²) in [7, 11) is 0. The van der Waals surface area contributed by atoms with Gasteiger partial charge in [-0.15, -0.1) is 0 Å². The van der Waals surface area contributed by atoms with Crippen molar-refractivity contribution in [2.75, 3.05) is 18.5 Å². The van der Waals surface area contributed by atoms with Gasteiger partial charge in [-0.3, -0.25) is 0 Å². The van der Waals surface area contributed by atoms with E-state index in [0.29, 0.717) is 25.0 Å². The normalized spacial score (nSPS) is 9.75. The average molecular weight is 216 g/mol. The third kappa shape index (κ3) is 3.20. The number of ether oxygens (including phenoxy) is 1. The number of rotatable bonds is 5. The molecule has 0 fully saturated rings. The fourth-order valence-electron chi connectivity index (χ4n) is 1.14. The van der Waals surface area contributed by atoms with Gasteiger partial charge in [-0.05, 0) is 12.1 Å². The maximum absolute atomic E-state index is 5.40. The van der Waals surface area contributed by atoms with Crippen LogP contribution in [0, 0.1) is 0 Å². The topological polar surface area (TPSA) is 59.9 Å². The van der Waals surface area contributed by atoms with Crippen molar-refractivity contribution < 1.29 is 4.74 Å². The van der Waals surface area contributed by atoms with E-state index >= 15 is 0 Å². The fourth-order valence-corrected chi connectivity index (χ4v) is 1.14. The number of anilines is 1. The molecule has 5 heteroatoms. The zero-order valence-corrected chi connectivity index (χ0v) is 8.71. The Hall–Kier alpha value is -2.17. The van der Waals surface area contributed by atoms with Gasteiger partial charge < -0.3 is 10.1 Å². The van der Waals surface area contributed by atoms with Crippen LogP contribution in [0.1, 0.15) is 0 Å². The van der Waals surface area contributed by atoms with Crippen LogP contribution in [0.5, 0.6) is 5.88 Å². The van der Waals surface area contributed by atoms with E-state index in [1.807, 2.05) is 18.2 Å². The molecule has 0 radical (unpaired) electrons. The molecule has 0 unspecified atom stereocenters. The van der Waals surface area contributed by atoms with E-state index in [9.17, 15) is 0 Å². The number of nitrogens with zero attached hydrogens (tertiary/aromatic N) is 3. The molecule has 2 aromatic heterocycles. The Bertz CT molecular complexity index is 365. The monoisotopic (exact) mass is 216 g/mol. The highest BCUT2D eigenvalue weighted by Crippen LogP contribution is 2.02. The van der Waals surface area contributed by atoms with Gasteiger partial charge in [-0.1, -0.05) is 6.07 Å². The van der Waals surface area contributed by atoms with Crippen molar-refractivity contribution in [3.8, 4) is 5.88 Å². The molecule has 0 amide bonds. The van der Waals surface area contributed by atoms with Crippen molar-refractivity contribution in [1.29, 1.82) is 0 Å². The van der Waals surface area contributed by atoms with Crippen LogP contribution in [0.2, 0.25) is 0 Å². The zero-order valence-electron chi connectivity index (χ0n) is 8.71. The quantitative estimate of drug-likeness (QED) is 0.765. The number of pyridine rings is 1. The van der Waals surface area contributed by atoms with Gasteiger partial charge in [0, 0.05) is 24.7 Å². The minimum atomic E-state index is 0.523. The Morgan fingerprint density at radius 2 is 1.81 bits per heavy atom. The predicted octanol–water partition coefficient (Wildman–Crippen LogP) is 1.36. The van der Waals surface area contributed by atoms with Crippen molar-refractivity contribution in [3.05, 3.63) is 42.9 Å². The molecule has 2 heterocycles. The van der Waals surface area contributed by atoms with E-state index in [1.165, 1.54) is 0 Å². The van der Waals surface area contributed by atoms with Crippen LogP contribution < -0.4 is 10.1 Å². The van der Waals surface area contributed by atoms with E-state index < -0.39 is 0 Å². The second kappa shape index (κ2) is 5.65. The zero-order chi connectivity index (χ0) is 11.1. The lowest BCUT2D eigenvalue weighted by Gasteiger charge is -2.05. The maximum Gasteiger partial charge on any atom is 0.222 e. The summed E-state index contributed by atoms with van der Waals surface area (Å²) in [5.74, 6) is 1.23. The Kier molecular flexibility index (Phi) is 3.65. The van der Waals surface area contributed by atoms with Gasteiger partial charge >= 0.3 is 0 Å². The van der Waals surface area contributed by atoms with Crippen LogP contribution in [-0.2, 0) is 0 Å². The van der Waals surface area contributed by atoms with Crippen LogP contribution in [0.4, 0.5) is 5.95 Å². The van der Waals surface area contributed by atoms with E-state index in [4.69, 9.17) is 4.74 Å². The predicted molar refractivity (Wildman–Crippen MR) is 60.3 cm³/mol. The lowest BCUT2D eigenvalue weighted by Crippen LogP contribution is -2.13. The van der Waals surface area contributed by atoms with Crippen molar-refractivity contribution in [2.24, 2.45) is 0 Å². The molecule has 2 aromatic rings. The van der Waals surface area contributed by atoms with Crippen molar-refractivity contribution >= 4 is 5.95 Å². The second-order valence-corrected chi connectivity index (χ2v) is 3.02. The fraction of sp³-hybridized carbons (Fsp3) is 0.182. The van der Waals surface area contributed by atoms with Crippen LogP contribution >= 0.6 is 0 Å². The van der Waals surface area contributed by atoms with Crippen LogP contribution in [0.15, 0.2) is 42.9 Å². The van der Waals surface area contributed by atoms with E-state index in [-0.39, 0.29) is 0 Å². The Morgan fingerprint density at radius 1 is 1.00 bits per heavy atom. The van der Waals surface area contributed by atoms with Gasteiger partial charge in [0.15, 0.2) is 0 Å². The smallest absolute Gasteiger partial charge is 0.222 e. The number of aromatic nitrogens is 3. The molecule has 5 nitrogen and oxygen atoms in total. The average Bonchev–Trinajstić information content (AvgIpc) is 2.37.